The Balaban J connectivity index is 1.89. The smallest absolute Gasteiger partial charge is 0.412 e. The minimum absolute atomic E-state index is 0.0493. The highest BCUT2D eigenvalue weighted by atomic mass is 16.6. The second-order valence-corrected chi connectivity index (χ2v) is 4.35. The molecule has 0 bridgehead atoms. The molecule has 1 unspecified atom stereocenters. The van der Waals surface area contributed by atoms with Crippen LogP contribution >= 0.6 is 0 Å². The van der Waals surface area contributed by atoms with Crippen LogP contribution < -0.4 is 0 Å². The van der Waals surface area contributed by atoms with Crippen molar-refractivity contribution < 1.29 is 14.6 Å². The minimum atomic E-state index is -0.701. The van der Waals surface area contributed by atoms with Gasteiger partial charge in [-0.2, -0.15) is 0 Å². The lowest BCUT2D eigenvalue weighted by Gasteiger charge is -2.24. The number of aliphatic hydroxyl groups excluding tert-OH is 1. The number of hydrogen-bond acceptors (Lipinski definition) is 3. The summed E-state index contributed by atoms with van der Waals surface area (Å²) in [5, 5.41) is 9.65. The molecule has 1 aliphatic heterocycles. The molecule has 1 heterocycles. The Hall–Kier alpha value is -1.55. The van der Waals surface area contributed by atoms with Gasteiger partial charge in [-0.25, -0.2) is 4.79 Å². The molecule has 2 atom stereocenters. The van der Waals surface area contributed by atoms with Gasteiger partial charge >= 0.3 is 6.09 Å². The fourth-order valence-corrected chi connectivity index (χ4v) is 2.06. The Morgan fingerprint density at radius 1 is 1.41 bits per heavy atom. The zero-order chi connectivity index (χ0) is 12.3. The number of rotatable bonds is 2. The van der Waals surface area contributed by atoms with E-state index in [1.54, 1.807) is 0 Å². The number of likely N-dealkylation sites (tertiary alicyclic amines) is 1. The van der Waals surface area contributed by atoms with Crippen molar-refractivity contribution in [1.82, 2.24) is 4.90 Å². The highest BCUT2D eigenvalue weighted by molar-refractivity contribution is 5.68. The zero-order valence-electron chi connectivity index (χ0n) is 9.87. The number of carbonyl (C=O) groups is 1. The van der Waals surface area contributed by atoms with Crippen LogP contribution in [0.15, 0.2) is 30.3 Å². The molecule has 1 saturated heterocycles. The first-order valence-electron chi connectivity index (χ1n) is 5.85. The maximum absolute atomic E-state index is 11.8. The Kier molecular flexibility index (Phi) is 3.64. The van der Waals surface area contributed by atoms with Crippen LogP contribution in [-0.2, 0) is 11.3 Å². The molecule has 92 valence electrons. The van der Waals surface area contributed by atoms with E-state index in [1.165, 1.54) is 4.90 Å². The molecule has 1 aliphatic rings. The van der Waals surface area contributed by atoms with Crippen molar-refractivity contribution in [3.8, 4) is 0 Å². The fraction of sp³-hybridized carbons (Fsp3) is 0.462. The van der Waals surface area contributed by atoms with Crippen molar-refractivity contribution in [3.05, 3.63) is 35.9 Å². The van der Waals surface area contributed by atoms with Gasteiger partial charge in [-0.3, -0.25) is 4.90 Å². The van der Waals surface area contributed by atoms with Crippen molar-refractivity contribution in [2.24, 2.45) is 0 Å². The van der Waals surface area contributed by atoms with Gasteiger partial charge in [0.25, 0.3) is 0 Å². The van der Waals surface area contributed by atoms with Crippen LogP contribution in [0.4, 0.5) is 4.79 Å². The van der Waals surface area contributed by atoms with E-state index in [-0.39, 0.29) is 12.6 Å². The fourth-order valence-electron chi connectivity index (χ4n) is 2.06. The summed E-state index contributed by atoms with van der Waals surface area (Å²) in [4.78, 5) is 13.2. The standard InChI is InChI=1S/C13H17NO3/c1-10-7-8-12(15)14(10)13(16)17-9-11-5-3-2-4-6-11/h2-6,10,12,15H,7-9H2,1H3/t10-,12?/m1/s1. The van der Waals surface area contributed by atoms with Gasteiger partial charge in [0.15, 0.2) is 0 Å². The van der Waals surface area contributed by atoms with E-state index in [4.69, 9.17) is 4.74 Å². The lowest BCUT2D eigenvalue weighted by Crippen LogP contribution is -2.40. The first kappa shape index (κ1) is 11.9. The lowest BCUT2D eigenvalue weighted by atomic mass is 10.2. The van der Waals surface area contributed by atoms with E-state index in [2.05, 4.69) is 0 Å². The normalized spacial score (nSPS) is 23.8. The summed E-state index contributed by atoms with van der Waals surface area (Å²) in [7, 11) is 0. The monoisotopic (exact) mass is 235 g/mol. The maximum atomic E-state index is 11.8. The summed E-state index contributed by atoms with van der Waals surface area (Å²) in [6, 6.07) is 9.56. The average molecular weight is 235 g/mol. The number of nitrogens with zero attached hydrogens (tertiary/aromatic N) is 1. The van der Waals surface area contributed by atoms with Gasteiger partial charge < -0.3 is 9.84 Å². The van der Waals surface area contributed by atoms with Crippen molar-refractivity contribution >= 4 is 6.09 Å². The van der Waals surface area contributed by atoms with Crippen molar-refractivity contribution in [2.45, 2.75) is 38.6 Å². The van der Waals surface area contributed by atoms with E-state index in [0.717, 1.165) is 12.0 Å². The Morgan fingerprint density at radius 3 is 2.71 bits per heavy atom. The molecule has 0 aliphatic carbocycles. The maximum Gasteiger partial charge on any atom is 0.412 e. The summed E-state index contributed by atoms with van der Waals surface area (Å²) in [6.07, 6.45) is 0.308. The van der Waals surface area contributed by atoms with Gasteiger partial charge in [0, 0.05) is 6.04 Å². The van der Waals surface area contributed by atoms with Crippen molar-refractivity contribution in [1.29, 1.82) is 0 Å². The zero-order valence-corrected chi connectivity index (χ0v) is 9.87. The van der Waals surface area contributed by atoms with Gasteiger partial charge in [0.2, 0.25) is 0 Å². The number of hydrogen-bond donors (Lipinski definition) is 1. The van der Waals surface area contributed by atoms with Crippen LogP contribution in [0.2, 0.25) is 0 Å². The number of aliphatic hydroxyl groups is 1. The first-order chi connectivity index (χ1) is 8.18. The van der Waals surface area contributed by atoms with Crippen molar-refractivity contribution in [2.75, 3.05) is 0 Å². The molecule has 0 aromatic heterocycles. The van der Waals surface area contributed by atoms with Gasteiger partial charge in [-0.1, -0.05) is 30.3 Å². The largest absolute Gasteiger partial charge is 0.444 e. The molecule has 4 nitrogen and oxygen atoms in total. The van der Waals surface area contributed by atoms with Gasteiger partial charge in [-0.15, -0.1) is 0 Å². The molecule has 1 amide bonds. The number of benzene rings is 1. The molecule has 1 aromatic rings. The molecular weight excluding hydrogens is 218 g/mol. The topological polar surface area (TPSA) is 49.8 Å². The van der Waals surface area contributed by atoms with Crippen LogP contribution in [0.1, 0.15) is 25.3 Å². The molecule has 1 N–H and O–H groups in total. The second kappa shape index (κ2) is 5.19. The molecular formula is C13H17NO3. The van der Waals surface area contributed by atoms with Crippen LogP contribution in [0.3, 0.4) is 0 Å². The van der Waals surface area contributed by atoms with E-state index in [1.807, 2.05) is 37.3 Å². The highest BCUT2D eigenvalue weighted by Gasteiger charge is 2.33. The second-order valence-electron chi connectivity index (χ2n) is 4.35. The van der Waals surface area contributed by atoms with E-state index in [0.29, 0.717) is 6.42 Å². The summed E-state index contributed by atoms with van der Waals surface area (Å²) in [5.41, 5.74) is 0.946. The first-order valence-corrected chi connectivity index (χ1v) is 5.85. The molecule has 17 heavy (non-hydrogen) atoms. The average Bonchev–Trinajstić information content (AvgIpc) is 2.67. The quantitative estimate of drug-likeness (QED) is 0.854. The summed E-state index contributed by atoms with van der Waals surface area (Å²) < 4.78 is 5.18. The lowest BCUT2D eigenvalue weighted by molar-refractivity contribution is 0.00943. The van der Waals surface area contributed by atoms with Gasteiger partial charge in [0.1, 0.15) is 12.8 Å². The van der Waals surface area contributed by atoms with Gasteiger partial charge in [-0.05, 0) is 25.3 Å². The third-order valence-corrected chi connectivity index (χ3v) is 3.05. The van der Waals surface area contributed by atoms with Crippen molar-refractivity contribution in [3.63, 3.8) is 0 Å². The summed E-state index contributed by atoms with van der Waals surface area (Å²) in [6.45, 7) is 2.16. The Bertz CT molecular complexity index is 370. The summed E-state index contributed by atoms with van der Waals surface area (Å²) in [5.74, 6) is 0. The molecule has 0 saturated carbocycles. The van der Waals surface area contributed by atoms with Crippen LogP contribution in [0, 0.1) is 0 Å². The molecule has 1 fully saturated rings. The predicted octanol–water partition coefficient (Wildman–Crippen LogP) is 2.13. The predicted molar refractivity (Wildman–Crippen MR) is 63.2 cm³/mol. The third kappa shape index (κ3) is 2.77. The van der Waals surface area contributed by atoms with E-state index >= 15 is 0 Å². The van der Waals surface area contributed by atoms with Crippen LogP contribution in [0.5, 0.6) is 0 Å². The third-order valence-electron chi connectivity index (χ3n) is 3.05. The molecule has 4 heteroatoms. The summed E-state index contributed by atoms with van der Waals surface area (Å²) >= 11 is 0. The number of ether oxygens (including phenoxy) is 1. The SMILES string of the molecule is C[C@@H]1CCC(O)N1C(=O)OCc1ccccc1. The Morgan fingerprint density at radius 2 is 2.12 bits per heavy atom. The van der Waals surface area contributed by atoms with Gasteiger partial charge in [0.05, 0.1) is 0 Å². The number of carbonyl (C=O) groups excluding carboxylic acids is 1. The number of amides is 1. The Labute approximate surface area is 101 Å². The highest BCUT2D eigenvalue weighted by Crippen LogP contribution is 2.23. The van der Waals surface area contributed by atoms with Crippen LogP contribution in [-0.4, -0.2) is 28.4 Å². The molecule has 1 aromatic carbocycles. The molecule has 0 radical (unpaired) electrons. The molecule has 2 rings (SSSR count). The van der Waals surface area contributed by atoms with E-state index < -0.39 is 12.3 Å². The molecule has 0 spiro atoms. The van der Waals surface area contributed by atoms with E-state index in [9.17, 15) is 9.90 Å². The minimum Gasteiger partial charge on any atom is -0.444 e. The van der Waals surface area contributed by atoms with Crippen LogP contribution in [0.25, 0.3) is 0 Å².